The van der Waals surface area contributed by atoms with Crippen molar-refractivity contribution in [3.8, 4) is 0 Å². The summed E-state index contributed by atoms with van der Waals surface area (Å²) in [7, 11) is 0. The van der Waals surface area contributed by atoms with Gasteiger partial charge >= 0.3 is 0 Å². The van der Waals surface area contributed by atoms with Crippen LogP contribution >= 0.6 is 23.1 Å². The monoisotopic (exact) mass is 455 g/mol. The van der Waals surface area contributed by atoms with Crippen LogP contribution in [0.4, 0.5) is 17.2 Å². The van der Waals surface area contributed by atoms with Gasteiger partial charge in [-0.1, -0.05) is 18.7 Å². The van der Waals surface area contributed by atoms with Crippen LogP contribution in [0.25, 0.3) is 10.2 Å². The highest BCUT2D eigenvalue weighted by atomic mass is 32.2. The average molecular weight is 456 g/mol. The number of nitrogen functional groups attached to an aromatic ring is 1. The van der Waals surface area contributed by atoms with Crippen molar-refractivity contribution in [2.75, 3.05) is 16.4 Å². The maximum absolute atomic E-state index is 12.6. The van der Waals surface area contributed by atoms with Gasteiger partial charge in [0.25, 0.3) is 0 Å². The fraction of sp³-hybridized carbons (Fsp3) is 0.364. The number of anilines is 3. The number of carbonyl (C=O) groups excluding carboxylic acids is 2. The molecule has 31 heavy (non-hydrogen) atoms. The molecular weight excluding hydrogens is 430 g/mol. The third-order valence-corrected chi connectivity index (χ3v) is 7.40. The largest absolute Gasteiger partial charge is 0.383 e. The Bertz CT molecular complexity index is 1140. The van der Waals surface area contributed by atoms with Crippen molar-refractivity contribution < 1.29 is 9.59 Å². The van der Waals surface area contributed by atoms with E-state index in [1.807, 2.05) is 6.92 Å². The quantitative estimate of drug-likeness (QED) is 0.387. The molecule has 0 saturated heterocycles. The molecule has 3 aromatic rings. The van der Waals surface area contributed by atoms with E-state index in [1.54, 1.807) is 35.6 Å². The summed E-state index contributed by atoms with van der Waals surface area (Å²) in [6.45, 7) is 5.54. The van der Waals surface area contributed by atoms with Crippen molar-refractivity contribution >= 4 is 62.3 Å². The second-order valence-corrected chi connectivity index (χ2v) is 10.3. The molecule has 2 aromatic heterocycles. The van der Waals surface area contributed by atoms with Gasteiger partial charge in [0.05, 0.1) is 10.6 Å². The lowest BCUT2D eigenvalue weighted by atomic mass is 9.89. The molecule has 0 fully saturated rings. The summed E-state index contributed by atoms with van der Waals surface area (Å²) in [6.07, 6.45) is 3.26. The highest BCUT2D eigenvalue weighted by Gasteiger charge is 2.24. The minimum absolute atomic E-state index is 0.140. The van der Waals surface area contributed by atoms with Gasteiger partial charge in [0.15, 0.2) is 5.16 Å². The molecule has 0 radical (unpaired) electrons. The Balaban J connectivity index is 1.45. The standard InChI is InChI=1S/C22H25N5O2S2/c1-11-4-9-16-17(10-11)31-21-18(16)19(23)26-22(27-21)30-12(2)20(29)25-15-7-5-14(6-8-15)24-13(3)28/h5-8,11-12H,4,9-10H2,1-3H3,(H,24,28)(H,25,29)(H2,23,26,27)/t11-,12+/m1/s1. The highest BCUT2D eigenvalue weighted by Crippen LogP contribution is 2.40. The first-order chi connectivity index (χ1) is 14.8. The van der Waals surface area contributed by atoms with Crippen LogP contribution < -0.4 is 16.4 Å². The number of aromatic nitrogens is 2. The number of thiophene rings is 1. The topological polar surface area (TPSA) is 110 Å². The van der Waals surface area contributed by atoms with Crippen LogP contribution in [0.1, 0.15) is 37.6 Å². The first-order valence-electron chi connectivity index (χ1n) is 10.2. The molecule has 4 N–H and O–H groups in total. The summed E-state index contributed by atoms with van der Waals surface area (Å²) in [4.78, 5) is 35.2. The molecule has 2 heterocycles. The number of hydrogen-bond acceptors (Lipinski definition) is 7. The first kappa shape index (κ1) is 21.6. The zero-order valence-electron chi connectivity index (χ0n) is 17.7. The van der Waals surface area contributed by atoms with Gasteiger partial charge in [0, 0.05) is 23.2 Å². The van der Waals surface area contributed by atoms with Gasteiger partial charge in [-0.15, -0.1) is 11.3 Å². The third kappa shape index (κ3) is 4.83. The van der Waals surface area contributed by atoms with E-state index < -0.39 is 5.25 Å². The molecule has 9 heteroatoms. The SMILES string of the molecule is CC(=O)Nc1ccc(NC(=O)[C@H](C)Sc2nc(N)c3c4c(sc3n2)C[C@H](C)CC4)cc1. The summed E-state index contributed by atoms with van der Waals surface area (Å²) in [5, 5.41) is 6.69. The fourth-order valence-electron chi connectivity index (χ4n) is 3.70. The number of nitrogens with one attached hydrogen (secondary N) is 2. The van der Waals surface area contributed by atoms with E-state index in [0.29, 0.717) is 28.3 Å². The number of benzene rings is 1. The Morgan fingerprint density at radius 3 is 2.55 bits per heavy atom. The molecule has 0 saturated carbocycles. The second-order valence-electron chi connectivity index (χ2n) is 7.93. The van der Waals surface area contributed by atoms with E-state index in [-0.39, 0.29) is 11.8 Å². The molecular formula is C22H25N5O2S2. The van der Waals surface area contributed by atoms with Crippen LogP contribution in [-0.4, -0.2) is 27.0 Å². The number of thioether (sulfide) groups is 1. The minimum Gasteiger partial charge on any atom is -0.383 e. The number of nitrogens with two attached hydrogens (primary N) is 1. The number of amides is 2. The molecule has 0 spiro atoms. The van der Waals surface area contributed by atoms with Gasteiger partial charge in [-0.25, -0.2) is 9.97 Å². The van der Waals surface area contributed by atoms with Gasteiger partial charge in [-0.05, 0) is 61.9 Å². The first-order valence-corrected chi connectivity index (χ1v) is 11.9. The average Bonchev–Trinajstić information content (AvgIpc) is 3.06. The molecule has 0 aliphatic heterocycles. The molecule has 0 bridgehead atoms. The lowest BCUT2D eigenvalue weighted by Gasteiger charge is -2.17. The minimum atomic E-state index is -0.401. The molecule has 1 aliphatic carbocycles. The predicted molar refractivity (Wildman–Crippen MR) is 128 cm³/mol. The van der Waals surface area contributed by atoms with Crippen LogP contribution in [0.15, 0.2) is 29.4 Å². The molecule has 1 aliphatic rings. The van der Waals surface area contributed by atoms with Crippen LogP contribution in [0.3, 0.4) is 0 Å². The number of rotatable bonds is 5. The Morgan fingerprint density at radius 2 is 1.87 bits per heavy atom. The molecule has 2 atom stereocenters. The van der Waals surface area contributed by atoms with Gasteiger partial charge in [0.1, 0.15) is 10.6 Å². The normalized spacial score (nSPS) is 16.5. The molecule has 0 unspecified atom stereocenters. The van der Waals surface area contributed by atoms with Crippen molar-refractivity contribution in [3.63, 3.8) is 0 Å². The molecule has 4 rings (SSSR count). The van der Waals surface area contributed by atoms with Gasteiger partial charge < -0.3 is 16.4 Å². The number of nitrogens with zero attached hydrogens (tertiary/aromatic N) is 2. The lowest BCUT2D eigenvalue weighted by molar-refractivity contribution is -0.115. The van der Waals surface area contributed by atoms with Crippen molar-refractivity contribution in [2.24, 2.45) is 5.92 Å². The maximum Gasteiger partial charge on any atom is 0.237 e. The van der Waals surface area contributed by atoms with Crippen LogP contribution in [0.2, 0.25) is 0 Å². The zero-order chi connectivity index (χ0) is 22.1. The number of fused-ring (bicyclic) bond motifs is 3. The Hall–Kier alpha value is -2.65. The van der Waals surface area contributed by atoms with Crippen molar-refractivity contribution in [3.05, 3.63) is 34.7 Å². The van der Waals surface area contributed by atoms with Gasteiger partial charge in [-0.3, -0.25) is 9.59 Å². The van der Waals surface area contributed by atoms with Gasteiger partial charge in [0.2, 0.25) is 11.8 Å². The Morgan fingerprint density at radius 1 is 1.19 bits per heavy atom. The smallest absolute Gasteiger partial charge is 0.237 e. The summed E-state index contributed by atoms with van der Waals surface area (Å²) in [6, 6.07) is 6.98. The molecule has 2 amide bonds. The summed E-state index contributed by atoms with van der Waals surface area (Å²) < 4.78 is 0. The lowest BCUT2D eigenvalue weighted by Crippen LogP contribution is -2.22. The molecule has 162 valence electrons. The van der Waals surface area contributed by atoms with E-state index in [4.69, 9.17) is 10.7 Å². The number of carbonyl (C=O) groups is 2. The zero-order valence-corrected chi connectivity index (χ0v) is 19.3. The maximum atomic E-state index is 12.6. The van der Waals surface area contributed by atoms with Crippen molar-refractivity contribution in [1.29, 1.82) is 0 Å². The van der Waals surface area contributed by atoms with Crippen LogP contribution in [0, 0.1) is 5.92 Å². The van der Waals surface area contributed by atoms with E-state index in [1.165, 1.54) is 29.1 Å². The molecule has 1 aromatic carbocycles. The Kier molecular flexibility index (Phi) is 6.15. The second kappa shape index (κ2) is 8.84. The van der Waals surface area contributed by atoms with E-state index >= 15 is 0 Å². The third-order valence-electron chi connectivity index (χ3n) is 5.29. The van der Waals surface area contributed by atoms with Crippen molar-refractivity contribution in [2.45, 2.75) is 50.4 Å². The van der Waals surface area contributed by atoms with Gasteiger partial charge in [-0.2, -0.15) is 0 Å². The summed E-state index contributed by atoms with van der Waals surface area (Å²) >= 11 is 2.99. The predicted octanol–water partition coefficient (Wildman–Crippen LogP) is 4.48. The summed E-state index contributed by atoms with van der Waals surface area (Å²) in [5.41, 5.74) is 8.94. The Labute approximate surface area is 189 Å². The summed E-state index contributed by atoms with van der Waals surface area (Å²) in [5.74, 6) is 0.887. The van der Waals surface area contributed by atoms with E-state index in [0.717, 1.165) is 29.5 Å². The number of hydrogen-bond donors (Lipinski definition) is 3. The van der Waals surface area contributed by atoms with Crippen LogP contribution in [-0.2, 0) is 22.4 Å². The number of aryl methyl sites for hydroxylation is 1. The van der Waals surface area contributed by atoms with E-state index in [2.05, 4.69) is 22.5 Å². The fourth-order valence-corrected chi connectivity index (χ4v) is 5.92. The van der Waals surface area contributed by atoms with Crippen molar-refractivity contribution in [1.82, 2.24) is 9.97 Å². The highest BCUT2D eigenvalue weighted by molar-refractivity contribution is 8.00. The van der Waals surface area contributed by atoms with Crippen LogP contribution in [0.5, 0.6) is 0 Å². The van der Waals surface area contributed by atoms with E-state index in [9.17, 15) is 9.59 Å². The molecule has 7 nitrogen and oxygen atoms in total.